The fourth-order valence-corrected chi connectivity index (χ4v) is 3.42. The first-order valence-corrected chi connectivity index (χ1v) is 6.82. The number of aliphatic hydroxyl groups excluding tert-OH is 1. The monoisotopic (exact) mass is 271 g/mol. The number of aliphatic hydroxyl groups is 1. The van der Waals surface area contributed by atoms with Crippen molar-refractivity contribution in [1.82, 2.24) is 4.90 Å². The Balaban J connectivity index is 2.00. The molecule has 2 unspecified atom stereocenters. The maximum absolute atomic E-state index is 10.2. The lowest BCUT2D eigenvalue weighted by Gasteiger charge is -2.27. The van der Waals surface area contributed by atoms with E-state index >= 15 is 0 Å². The molecule has 2 atom stereocenters. The van der Waals surface area contributed by atoms with Crippen molar-refractivity contribution in [2.75, 3.05) is 13.1 Å². The van der Waals surface area contributed by atoms with Crippen molar-refractivity contribution in [3.8, 4) is 0 Å². The maximum atomic E-state index is 10.2. The van der Waals surface area contributed by atoms with E-state index in [0.717, 1.165) is 24.2 Å². The molecule has 0 aromatic heterocycles. The molecule has 0 amide bonds. The van der Waals surface area contributed by atoms with Crippen LogP contribution < -0.4 is 0 Å². The van der Waals surface area contributed by atoms with Crippen LogP contribution in [0.25, 0.3) is 0 Å². The van der Waals surface area contributed by atoms with E-state index < -0.39 is 0 Å². The SMILES string of the molecule is OC1Cc2cc(Cl)c(Cl)cc2C1N1CCCC1. The number of hydrogen-bond donors (Lipinski definition) is 1. The average molecular weight is 272 g/mol. The first-order valence-electron chi connectivity index (χ1n) is 6.07. The molecule has 2 aliphatic rings. The molecule has 92 valence electrons. The van der Waals surface area contributed by atoms with Crippen molar-refractivity contribution in [1.29, 1.82) is 0 Å². The standard InChI is InChI=1S/C13H15Cl2NO/c14-10-5-8-6-12(17)13(9(8)7-11(10)15)16-3-1-2-4-16/h5,7,12-13,17H,1-4,6H2. The normalized spacial score (nSPS) is 28.6. The number of fused-ring (bicyclic) bond motifs is 1. The van der Waals surface area contributed by atoms with Crippen LogP contribution in [-0.2, 0) is 6.42 Å². The van der Waals surface area contributed by atoms with Crippen molar-refractivity contribution in [3.05, 3.63) is 33.3 Å². The van der Waals surface area contributed by atoms with Crippen LogP contribution in [-0.4, -0.2) is 29.2 Å². The van der Waals surface area contributed by atoms with Gasteiger partial charge in [-0.05, 0) is 49.2 Å². The Morgan fingerprint density at radius 3 is 2.47 bits per heavy atom. The second-order valence-electron chi connectivity index (χ2n) is 4.92. The number of benzene rings is 1. The molecule has 1 N–H and O–H groups in total. The molecule has 1 aliphatic carbocycles. The van der Waals surface area contributed by atoms with Crippen molar-refractivity contribution in [3.63, 3.8) is 0 Å². The summed E-state index contributed by atoms with van der Waals surface area (Å²) >= 11 is 12.1. The third-order valence-electron chi connectivity index (χ3n) is 3.83. The van der Waals surface area contributed by atoms with Gasteiger partial charge in [-0.1, -0.05) is 23.2 Å². The first kappa shape index (κ1) is 11.8. The van der Waals surface area contributed by atoms with Gasteiger partial charge in [-0.2, -0.15) is 0 Å². The van der Waals surface area contributed by atoms with Crippen LogP contribution >= 0.6 is 23.2 Å². The lowest BCUT2D eigenvalue weighted by molar-refractivity contribution is 0.0753. The summed E-state index contributed by atoms with van der Waals surface area (Å²) in [6, 6.07) is 3.94. The third kappa shape index (κ3) is 1.97. The van der Waals surface area contributed by atoms with E-state index in [1.165, 1.54) is 12.8 Å². The molecule has 1 aromatic carbocycles. The van der Waals surface area contributed by atoms with Gasteiger partial charge in [0.2, 0.25) is 0 Å². The van der Waals surface area contributed by atoms with Crippen LogP contribution in [0.2, 0.25) is 10.0 Å². The zero-order chi connectivity index (χ0) is 12.0. The molecule has 2 nitrogen and oxygen atoms in total. The predicted octanol–water partition coefficient (Wildman–Crippen LogP) is 3.05. The topological polar surface area (TPSA) is 23.5 Å². The van der Waals surface area contributed by atoms with Crippen LogP contribution in [0.3, 0.4) is 0 Å². The van der Waals surface area contributed by atoms with E-state index in [9.17, 15) is 5.11 Å². The minimum Gasteiger partial charge on any atom is -0.391 e. The molecule has 0 bridgehead atoms. The summed E-state index contributed by atoms with van der Waals surface area (Å²) in [5.74, 6) is 0. The highest BCUT2D eigenvalue weighted by Gasteiger charge is 2.36. The Hall–Kier alpha value is -0.280. The van der Waals surface area contributed by atoms with Gasteiger partial charge in [0.05, 0.1) is 22.2 Å². The van der Waals surface area contributed by atoms with E-state index in [1.807, 2.05) is 12.1 Å². The average Bonchev–Trinajstić information content (AvgIpc) is 2.86. The van der Waals surface area contributed by atoms with Crippen LogP contribution in [0.15, 0.2) is 12.1 Å². The Morgan fingerprint density at radius 1 is 1.12 bits per heavy atom. The minimum absolute atomic E-state index is 0.113. The van der Waals surface area contributed by atoms with Crippen LogP contribution in [0.4, 0.5) is 0 Å². The largest absolute Gasteiger partial charge is 0.391 e. The number of rotatable bonds is 1. The van der Waals surface area contributed by atoms with Gasteiger partial charge in [-0.3, -0.25) is 4.90 Å². The zero-order valence-corrected chi connectivity index (χ0v) is 11.0. The summed E-state index contributed by atoms with van der Waals surface area (Å²) in [5.41, 5.74) is 2.30. The summed E-state index contributed by atoms with van der Waals surface area (Å²) in [5, 5.41) is 11.4. The molecule has 3 rings (SSSR count). The molecule has 0 spiro atoms. The van der Waals surface area contributed by atoms with E-state index in [2.05, 4.69) is 4.90 Å². The van der Waals surface area contributed by atoms with E-state index in [1.54, 1.807) is 0 Å². The molecule has 0 radical (unpaired) electrons. The predicted molar refractivity (Wildman–Crippen MR) is 69.7 cm³/mol. The summed E-state index contributed by atoms with van der Waals surface area (Å²) in [4.78, 5) is 2.36. The molecule has 1 aromatic rings. The van der Waals surface area contributed by atoms with Gasteiger partial charge in [0.25, 0.3) is 0 Å². The number of hydrogen-bond acceptors (Lipinski definition) is 2. The number of halogens is 2. The first-order chi connectivity index (χ1) is 8.16. The van der Waals surface area contributed by atoms with Gasteiger partial charge in [-0.15, -0.1) is 0 Å². The molecule has 0 saturated carbocycles. The van der Waals surface area contributed by atoms with Gasteiger partial charge >= 0.3 is 0 Å². The highest BCUT2D eigenvalue weighted by molar-refractivity contribution is 6.42. The fourth-order valence-electron chi connectivity index (χ4n) is 3.06. The maximum Gasteiger partial charge on any atom is 0.0777 e. The molecular weight excluding hydrogens is 257 g/mol. The molecule has 1 fully saturated rings. The highest BCUT2D eigenvalue weighted by atomic mass is 35.5. The Labute approximate surface area is 111 Å². The fraction of sp³-hybridized carbons (Fsp3) is 0.538. The summed E-state index contributed by atoms with van der Waals surface area (Å²) < 4.78 is 0. The Bertz CT molecular complexity index is 443. The third-order valence-corrected chi connectivity index (χ3v) is 4.55. The van der Waals surface area contributed by atoms with Gasteiger partial charge in [-0.25, -0.2) is 0 Å². The Kier molecular flexibility index (Phi) is 3.07. The second-order valence-corrected chi connectivity index (χ2v) is 5.74. The van der Waals surface area contributed by atoms with E-state index in [0.29, 0.717) is 16.5 Å². The van der Waals surface area contributed by atoms with Gasteiger partial charge in [0.15, 0.2) is 0 Å². The van der Waals surface area contributed by atoms with E-state index in [4.69, 9.17) is 23.2 Å². The number of nitrogens with zero attached hydrogens (tertiary/aromatic N) is 1. The van der Waals surface area contributed by atoms with E-state index in [-0.39, 0.29) is 12.1 Å². The van der Waals surface area contributed by atoms with Crippen molar-refractivity contribution < 1.29 is 5.11 Å². The minimum atomic E-state index is -0.322. The van der Waals surface area contributed by atoms with Crippen molar-refractivity contribution >= 4 is 23.2 Å². The lowest BCUT2D eigenvalue weighted by atomic mass is 10.1. The van der Waals surface area contributed by atoms with Gasteiger partial charge in [0, 0.05) is 6.42 Å². The van der Waals surface area contributed by atoms with Crippen LogP contribution in [0.1, 0.15) is 30.0 Å². The van der Waals surface area contributed by atoms with Gasteiger partial charge in [0.1, 0.15) is 0 Å². The summed E-state index contributed by atoms with van der Waals surface area (Å²) in [6.45, 7) is 2.14. The second kappa shape index (κ2) is 4.43. The molecule has 17 heavy (non-hydrogen) atoms. The highest BCUT2D eigenvalue weighted by Crippen LogP contribution is 2.41. The lowest BCUT2D eigenvalue weighted by Crippen LogP contribution is -2.31. The number of likely N-dealkylation sites (tertiary alicyclic amines) is 1. The molecule has 4 heteroatoms. The summed E-state index contributed by atoms with van der Waals surface area (Å²) in [7, 11) is 0. The van der Waals surface area contributed by atoms with Crippen molar-refractivity contribution in [2.45, 2.75) is 31.4 Å². The van der Waals surface area contributed by atoms with Gasteiger partial charge < -0.3 is 5.11 Å². The summed E-state index contributed by atoms with van der Waals surface area (Å²) in [6.07, 6.45) is 2.81. The van der Waals surface area contributed by atoms with Crippen LogP contribution in [0, 0.1) is 0 Å². The van der Waals surface area contributed by atoms with Crippen molar-refractivity contribution in [2.24, 2.45) is 0 Å². The molecule has 1 aliphatic heterocycles. The quantitative estimate of drug-likeness (QED) is 0.849. The Morgan fingerprint density at radius 2 is 1.76 bits per heavy atom. The van der Waals surface area contributed by atoms with Crippen LogP contribution in [0.5, 0.6) is 0 Å². The zero-order valence-electron chi connectivity index (χ0n) is 9.50. The molecular formula is C13H15Cl2NO. The molecule has 1 heterocycles. The molecule has 1 saturated heterocycles. The smallest absolute Gasteiger partial charge is 0.0777 e.